The zero-order chi connectivity index (χ0) is 25.3. The van der Waals surface area contributed by atoms with Crippen LogP contribution in [0.3, 0.4) is 0 Å². The number of hydrogen-bond acceptors (Lipinski definition) is 3. The summed E-state index contributed by atoms with van der Waals surface area (Å²) in [6, 6.07) is -4.69. The zero-order valence-corrected chi connectivity index (χ0v) is 15.5. The van der Waals surface area contributed by atoms with Crippen molar-refractivity contribution in [2.24, 2.45) is 0 Å². The minimum Gasteiger partial charge on any atom is -0.361 e. The Hall–Kier alpha value is -2.15. The van der Waals surface area contributed by atoms with Gasteiger partial charge in [0, 0.05) is 27.6 Å². The van der Waals surface area contributed by atoms with Gasteiger partial charge in [-0.15, -0.1) is 0 Å². The largest absolute Gasteiger partial charge is 0.361 e. The molecule has 1 aromatic carbocycles. The fraction of sp³-hybridized carbons (Fsp3) is 0.200. The summed E-state index contributed by atoms with van der Waals surface area (Å²) in [7, 11) is 0. The Morgan fingerprint density at radius 3 is 2.80 bits per heavy atom. The van der Waals surface area contributed by atoms with Crippen LogP contribution in [0.15, 0.2) is 53.2 Å². The van der Waals surface area contributed by atoms with Crippen molar-refractivity contribution in [3.05, 3.63) is 69.3 Å². The molecule has 0 amide bonds. The van der Waals surface area contributed by atoms with E-state index in [1.807, 2.05) is 22.6 Å². The third kappa shape index (κ3) is 2.76. The molecule has 0 N–H and O–H groups in total. The van der Waals surface area contributed by atoms with Crippen LogP contribution >= 0.6 is 22.6 Å². The van der Waals surface area contributed by atoms with Crippen molar-refractivity contribution in [3.63, 3.8) is 0 Å². The number of nitrogens with zero attached hydrogens (tertiary/aromatic N) is 3. The number of rotatable bonds is 3. The second-order valence-corrected chi connectivity index (χ2v) is 6.65. The van der Waals surface area contributed by atoms with Crippen LogP contribution in [0.2, 0.25) is 0 Å². The van der Waals surface area contributed by atoms with Gasteiger partial charge in [0.1, 0.15) is 11.3 Å². The number of hydrogen-bond donors (Lipinski definition) is 0. The summed E-state index contributed by atoms with van der Waals surface area (Å²) >= 11 is 1.96. The highest BCUT2D eigenvalue weighted by atomic mass is 127. The Balaban J connectivity index is 2.13. The first-order valence-electron chi connectivity index (χ1n) is 11.9. The summed E-state index contributed by atoms with van der Waals surface area (Å²) in [5.74, 6) is 0.532. The van der Waals surface area contributed by atoms with Crippen molar-refractivity contribution in [3.8, 4) is 11.1 Å². The van der Waals surface area contributed by atoms with Crippen LogP contribution in [0, 0.1) is 17.4 Å². The van der Waals surface area contributed by atoms with E-state index in [4.69, 9.17) is 15.5 Å². The average Bonchev–Trinajstić information content (AvgIpc) is 3.28. The van der Waals surface area contributed by atoms with E-state index < -0.39 is 48.6 Å². The molecule has 4 aromatic rings. The standard InChI is InChI=1S/C20H18IN3O/c1-12-19(14(3)25-23-12)16-9-18-20(22-10-16)17(21)11-24(18)13(2)15-7-5-4-6-8-15/h4-11,13H,1-3H3/i2D3,4D,5D,6D,7D,8D,13D. The fourth-order valence-corrected chi connectivity index (χ4v) is 3.46. The number of benzene rings is 1. The van der Waals surface area contributed by atoms with Crippen LogP contribution in [0.4, 0.5) is 0 Å². The SMILES string of the molecule is [2H]c1c([2H])c([2H])c(C([2H])(n2cc(I)c3ncc(-c4c(C)noc4C)cc32)C([2H])([2H])[2H])c([2H])c1[2H]. The van der Waals surface area contributed by atoms with Crippen molar-refractivity contribution in [1.82, 2.24) is 14.7 Å². The van der Waals surface area contributed by atoms with E-state index in [0.717, 1.165) is 4.57 Å². The molecule has 0 saturated heterocycles. The second-order valence-electron chi connectivity index (χ2n) is 5.49. The molecule has 0 radical (unpaired) electrons. The summed E-state index contributed by atoms with van der Waals surface area (Å²) in [5, 5.41) is 3.94. The van der Waals surface area contributed by atoms with E-state index in [-0.39, 0.29) is 5.52 Å². The first kappa shape index (κ1) is 8.98. The van der Waals surface area contributed by atoms with E-state index >= 15 is 0 Å². The van der Waals surface area contributed by atoms with Gasteiger partial charge in [-0.05, 0) is 54.9 Å². The van der Waals surface area contributed by atoms with Crippen molar-refractivity contribution >= 4 is 33.6 Å². The molecular formula is C20H18IN3O. The summed E-state index contributed by atoms with van der Waals surface area (Å²) in [5.41, 5.74) is 1.86. The van der Waals surface area contributed by atoms with Gasteiger partial charge in [-0.1, -0.05) is 35.4 Å². The maximum atomic E-state index is 9.20. The molecule has 1 unspecified atom stereocenters. The van der Waals surface area contributed by atoms with E-state index in [1.54, 1.807) is 26.1 Å². The summed E-state index contributed by atoms with van der Waals surface area (Å²) < 4.78 is 81.4. The molecule has 0 aliphatic heterocycles. The zero-order valence-electron chi connectivity index (χ0n) is 22.4. The summed E-state index contributed by atoms with van der Waals surface area (Å²) in [6.45, 7) is 0.365. The van der Waals surface area contributed by atoms with Crippen LogP contribution in [0.1, 0.15) is 42.2 Å². The van der Waals surface area contributed by atoms with Gasteiger partial charge >= 0.3 is 0 Å². The third-order valence-corrected chi connectivity index (χ3v) is 4.68. The molecule has 4 rings (SSSR count). The molecule has 0 spiro atoms. The summed E-state index contributed by atoms with van der Waals surface area (Å²) in [6.07, 6.45) is 2.99. The number of halogens is 1. The van der Waals surface area contributed by atoms with Crippen LogP contribution in [-0.4, -0.2) is 14.7 Å². The Morgan fingerprint density at radius 1 is 1.32 bits per heavy atom. The summed E-state index contributed by atoms with van der Waals surface area (Å²) in [4.78, 5) is 4.46. The Kier molecular flexibility index (Phi) is 2.26. The Morgan fingerprint density at radius 2 is 2.12 bits per heavy atom. The topological polar surface area (TPSA) is 43.9 Å². The average molecular weight is 452 g/mol. The van der Waals surface area contributed by atoms with Crippen molar-refractivity contribution in [2.45, 2.75) is 26.7 Å². The molecule has 0 fully saturated rings. The normalized spacial score (nSPS) is 19.6. The monoisotopic (exact) mass is 452 g/mol. The second kappa shape index (κ2) is 6.29. The number of aromatic nitrogens is 3. The Bertz CT molecular complexity index is 1410. The van der Waals surface area contributed by atoms with Crippen LogP contribution in [0.25, 0.3) is 22.2 Å². The van der Waals surface area contributed by atoms with Gasteiger partial charge in [-0.2, -0.15) is 0 Å². The molecule has 0 saturated carbocycles. The van der Waals surface area contributed by atoms with Crippen molar-refractivity contribution in [1.29, 1.82) is 0 Å². The number of fused-ring (bicyclic) bond motifs is 1. The highest BCUT2D eigenvalue weighted by molar-refractivity contribution is 14.1. The van der Waals surface area contributed by atoms with Gasteiger partial charge in [0.2, 0.25) is 0 Å². The molecule has 126 valence electrons. The quantitative estimate of drug-likeness (QED) is 0.385. The molecule has 0 bridgehead atoms. The van der Waals surface area contributed by atoms with Gasteiger partial charge in [-0.3, -0.25) is 4.98 Å². The van der Waals surface area contributed by atoms with E-state index in [0.29, 0.717) is 31.7 Å². The molecule has 3 aromatic heterocycles. The van der Waals surface area contributed by atoms with Crippen LogP contribution in [0.5, 0.6) is 0 Å². The van der Waals surface area contributed by atoms with Gasteiger partial charge in [0.05, 0.1) is 29.0 Å². The lowest BCUT2D eigenvalue weighted by molar-refractivity contribution is 0.393. The van der Waals surface area contributed by atoms with E-state index in [1.165, 1.54) is 6.20 Å². The van der Waals surface area contributed by atoms with Crippen LogP contribution in [-0.2, 0) is 0 Å². The van der Waals surface area contributed by atoms with Gasteiger partial charge in [0.25, 0.3) is 0 Å². The van der Waals surface area contributed by atoms with Crippen molar-refractivity contribution < 1.29 is 16.9 Å². The minimum atomic E-state index is -3.12. The first-order chi connectivity index (χ1) is 15.7. The molecule has 25 heavy (non-hydrogen) atoms. The fourth-order valence-electron chi connectivity index (χ4n) is 2.77. The molecule has 1 atom stereocenters. The highest BCUT2D eigenvalue weighted by Crippen LogP contribution is 2.33. The predicted molar refractivity (Wildman–Crippen MR) is 108 cm³/mol. The highest BCUT2D eigenvalue weighted by Gasteiger charge is 2.17. The van der Waals surface area contributed by atoms with Gasteiger partial charge < -0.3 is 9.09 Å². The maximum absolute atomic E-state index is 9.20. The molecule has 4 nitrogen and oxygen atoms in total. The lowest BCUT2D eigenvalue weighted by Crippen LogP contribution is -2.05. The predicted octanol–water partition coefficient (Wildman–Crippen LogP) is 5.52. The number of pyridine rings is 1. The van der Waals surface area contributed by atoms with Crippen molar-refractivity contribution in [2.75, 3.05) is 0 Å². The lowest BCUT2D eigenvalue weighted by Gasteiger charge is -2.16. The molecule has 0 aliphatic rings. The van der Waals surface area contributed by atoms with E-state index in [2.05, 4.69) is 10.1 Å². The maximum Gasteiger partial charge on any atom is 0.141 e. The number of aryl methyl sites for hydroxylation is 2. The van der Waals surface area contributed by atoms with Gasteiger partial charge in [-0.25, -0.2) is 0 Å². The molecule has 0 aliphatic carbocycles. The Labute approximate surface area is 172 Å². The molecule has 5 heteroatoms. The minimum absolute atomic E-state index is 0.250. The lowest BCUT2D eigenvalue weighted by atomic mass is 10.1. The smallest absolute Gasteiger partial charge is 0.141 e. The third-order valence-electron chi connectivity index (χ3n) is 3.90. The first-order valence-corrected chi connectivity index (χ1v) is 8.47. The van der Waals surface area contributed by atoms with Crippen LogP contribution < -0.4 is 0 Å². The molecule has 3 heterocycles. The molecular weight excluding hydrogens is 425 g/mol. The van der Waals surface area contributed by atoms with E-state index in [9.17, 15) is 1.37 Å². The van der Waals surface area contributed by atoms with Gasteiger partial charge in [0.15, 0.2) is 0 Å².